The van der Waals surface area contributed by atoms with Gasteiger partial charge in [0, 0.05) is 10.0 Å². The highest BCUT2D eigenvalue weighted by atomic mass is 35.5. The van der Waals surface area contributed by atoms with Gasteiger partial charge in [0.15, 0.2) is 0 Å². The number of carbonyl (C=O) groups is 1. The van der Waals surface area contributed by atoms with Gasteiger partial charge in [-0.1, -0.05) is 65.7 Å². The molecule has 1 amide bonds. The number of benzene rings is 3. The van der Waals surface area contributed by atoms with Crippen LogP contribution in [0.3, 0.4) is 0 Å². The first-order chi connectivity index (χ1) is 15.3. The Balaban J connectivity index is 1.65. The fourth-order valence-electron chi connectivity index (χ4n) is 3.99. The highest BCUT2D eigenvalue weighted by Gasteiger charge is 2.29. The molecule has 8 heteroatoms. The van der Waals surface area contributed by atoms with Crippen LogP contribution in [0.15, 0.2) is 77.7 Å². The molecule has 0 fully saturated rings. The van der Waals surface area contributed by atoms with E-state index in [-0.39, 0.29) is 26.7 Å². The molecule has 1 N–H and O–H groups in total. The number of carbonyl (C=O) groups excluding carboxylic acids is 1. The van der Waals surface area contributed by atoms with E-state index in [1.165, 1.54) is 35.9 Å². The van der Waals surface area contributed by atoms with E-state index in [0.29, 0.717) is 0 Å². The molecule has 1 aliphatic rings. The third-order valence-electron chi connectivity index (χ3n) is 5.46. The molecular formula is C24H22Cl2N2O3S. The zero-order chi connectivity index (χ0) is 22.7. The second-order valence-electron chi connectivity index (χ2n) is 7.66. The standard InChI is InChI=1S/C24H22Cl2N2O3S/c25-18-13-19(26)15-20(14-18)28(32(30,31)21-9-2-1-3-10-21)16-24(29)27-23-12-6-8-17-7-4-5-11-22(17)23/h1-5,7,9-11,13-15,23H,6,8,12,16H2,(H,27,29). The van der Waals surface area contributed by atoms with Gasteiger partial charge >= 0.3 is 0 Å². The summed E-state index contributed by atoms with van der Waals surface area (Å²) in [5.41, 5.74) is 2.51. The smallest absolute Gasteiger partial charge is 0.264 e. The number of amides is 1. The van der Waals surface area contributed by atoms with E-state index in [2.05, 4.69) is 11.4 Å². The number of hydrogen-bond acceptors (Lipinski definition) is 3. The summed E-state index contributed by atoms with van der Waals surface area (Å²) in [4.78, 5) is 13.1. The van der Waals surface area contributed by atoms with Crippen LogP contribution in [0.5, 0.6) is 0 Å². The van der Waals surface area contributed by atoms with Crippen molar-refractivity contribution in [3.05, 3.63) is 94.0 Å². The first-order valence-corrected chi connectivity index (χ1v) is 12.5. The maximum atomic E-state index is 13.4. The number of rotatable bonds is 6. The minimum Gasteiger partial charge on any atom is -0.348 e. The van der Waals surface area contributed by atoms with Crippen LogP contribution in [-0.2, 0) is 21.2 Å². The quantitative estimate of drug-likeness (QED) is 0.506. The SMILES string of the molecule is O=C(CN(c1cc(Cl)cc(Cl)c1)S(=O)(=O)c1ccccc1)NC1CCCc2ccccc21. The first kappa shape index (κ1) is 22.6. The highest BCUT2D eigenvalue weighted by Crippen LogP contribution is 2.31. The van der Waals surface area contributed by atoms with Gasteiger partial charge in [-0.3, -0.25) is 9.10 Å². The van der Waals surface area contributed by atoms with Gasteiger partial charge in [-0.25, -0.2) is 8.42 Å². The minimum atomic E-state index is -4.03. The number of aryl methyl sites for hydroxylation is 1. The Kier molecular flexibility index (Phi) is 6.74. The van der Waals surface area contributed by atoms with E-state index in [0.717, 1.165) is 29.1 Å². The molecule has 0 bridgehead atoms. The van der Waals surface area contributed by atoms with Crippen LogP contribution in [0.1, 0.15) is 30.0 Å². The van der Waals surface area contributed by atoms with Crippen molar-refractivity contribution in [3.8, 4) is 0 Å². The van der Waals surface area contributed by atoms with Crippen molar-refractivity contribution in [1.29, 1.82) is 0 Å². The molecule has 5 nitrogen and oxygen atoms in total. The summed E-state index contributed by atoms with van der Waals surface area (Å²) in [5.74, 6) is -0.401. The van der Waals surface area contributed by atoms with Gasteiger partial charge in [-0.15, -0.1) is 0 Å². The van der Waals surface area contributed by atoms with E-state index in [1.807, 2.05) is 18.2 Å². The monoisotopic (exact) mass is 488 g/mol. The van der Waals surface area contributed by atoms with Crippen molar-refractivity contribution in [1.82, 2.24) is 5.32 Å². The van der Waals surface area contributed by atoms with Gasteiger partial charge in [-0.2, -0.15) is 0 Å². The predicted octanol–water partition coefficient (Wildman–Crippen LogP) is 5.38. The van der Waals surface area contributed by atoms with Gasteiger partial charge < -0.3 is 5.32 Å². The molecule has 0 spiro atoms. The average molecular weight is 489 g/mol. The van der Waals surface area contributed by atoms with Gasteiger partial charge in [0.2, 0.25) is 5.91 Å². The van der Waals surface area contributed by atoms with Crippen LogP contribution < -0.4 is 9.62 Å². The Morgan fingerprint density at radius 3 is 2.34 bits per heavy atom. The number of halogens is 2. The number of fused-ring (bicyclic) bond motifs is 1. The fraction of sp³-hybridized carbons (Fsp3) is 0.208. The maximum absolute atomic E-state index is 13.4. The lowest BCUT2D eigenvalue weighted by Crippen LogP contribution is -2.42. The molecule has 4 rings (SSSR count). The minimum absolute atomic E-state index is 0.0758. The molecule has 0 saturated heterocycles. The van der Waals surface area contributed by atoms with Crippen molar-refractivity contribution in [2.75, 3.05) is 10.8 Å². The summed E-state index contributed by atoms with van der Waals surface area (Å²) in [7, 11) is -4.03. The van der Waals surface area contributed by atoms with Gasteiger partial charge in [-0.05, 0) is 60.7 Å². The molecular weight excluding hydrogens is 467 g/mol. The zero-order valence-corrected chi connectivity index (χ0v) is 19.5. The second-order valence-corrected chi connectivity index (χ2v) is 10.4. The van der Waals surface area contributed by atoms with Crippen molar-refractivity contribution < 1.29 is 13.2 Å². The Morgan fingerprint density at radius 2 is 1.62 bits per heavy atom. The van der Waals surface area contributed by atoms with Crippen LogP contribution >= 0.6 is 23.2 Å². The normalized spacial score (nSPS) is 15.6. The predicted molar refractivity (Wildman–Crippen MR) is 128 cm³/mol. The lowest BCUT2D eigenvalue weighted by atomic mass is 9.88. The Morgan fingerprint density at radius 1 is 0.969 bits per heavy atom. The Bertz CT molecular complexity index is 1210. The van der Waals surface area contributed by atoms with Crippen LogP contribution in [-0.4, -0.2) is 20.9 Å². The van der Waals surface area contributed by atoms with E-state index in [4.69, 9.17) is 23.2 Å². The largest absolute Gasteiger partial charge is 0.348 e. The molecule has 0 heterocycles. The second kappa shape index (κ2) is 9.53. The molecule has 1 aliphatic carbocycles. The van der Waals surface area contributed by atoms with Crippen molar-refractivity contribution in [3.63, 3.8) is 0 Å². The van der Waals surface area contributed by atoms with E-state index in [9.17, 15) is 13.2 Å². The maximum Gasteiger partial charge on any atom is 0.264 e. The highest BCUT2D eigenvalue weighted by molar-refractivity contribution is 7.92. The zero-order valence-electron chi connectivity index (χ0n) is 17.2. The van der Waals surface area contributed by atoms with Crippen LogP contribution in [0, 0.1) is 0 Å². The molecule has 0 aromatic heterocycles. The van der Waals surface area contributed by atoms with Crippen LogP contribution in [0.2, 0.25) is 10.0 Å². The number of nitrogens with zero attached hydrogens (tertiary/aromatic N) is 1. The lowest BCUT2D eigenvalue weighted by Gasteiger charge is -2.29. The van der Waals surface area contributed by atoms with Crippen LogP contribution in [0.4, 0.5) is 5.69 Å². The molecule has 32 heavy (non-hydrogen) atoms. The van der Waals surface area contributed by atoms with Crippen molar-refractivity contribution >= 4 is 44.8 Å². The number of sulfonamides is 1. The van der Waals surface area contributed by atoms with Crippen molar-refractivity contribution in [2.24, 2.45) is 0 Å². The fourth-order valence-corrected chi connectivity index (χ4v) is 5.93. The molecule has 1 atom stereocenters. The number of hydrogen-bond donors (Lipinski definition) is 1. The molecule has 1 unspecified atom stereocenters. The van der Waals surface area contributed by atoms with Crippen molar-refractivity contribution in [2.45, 2.75) is 30.2 Å². The van der Waals surface area contributed by atoms with Gasteiger partial charge in [0.1, 0.15) is 6.54 Å². The molecule has 3 aromatic rings. The molecule has 0 aliphatic heterocycles. The topological polar surface area (TPSA) is 66.5 Å². The summed E-state index contributed by atoms with van der Waals surface area (Å²) < 4.78 is 27.9. The van der Waals surface area contributed by atoms with E-state index < -0.39 is 22.5 Å². The van der Waals surface area contributed by atoms with E-state index in [1.54, 1.807) is 18.2 Å². The molecule has 166 valence electrons. The molecule has 3 aromatic carbocycles. The summed E-state index contributed by atoms with van der Waals surface area (Å²) in [6.45, 7) is -0.396. The number of anilines is 1. The first-order valence-electron chi connectivity index (χ1n) is 10.3. The summed E-state index contributed by atoms with van der Waals surface area (Å²) >= 11 is 12.3. The summed E-state index contributed by atoms with van der Waals surface area (Å²) in [5, 5.41) is 3.58. The third-order valence-corrected chi connectivity index (χ3v) is 7.68. The average Bonchev–Trinajstić information content (AvgIpc) is 2.77. The van der Waals surface area contributed by atoms with Crippen LogP contribution in [0.25, 0.3) is 0 Å². The third kappa shape index (κ3) is 4.93. The Labute approximate surface area is 198 Å². The van der Waals surface area contributed by atoms with E-state index >= 15 is 0 Å². The molecule has 0 radical (unpaired) electrons. The summed E-state index contributed by atoms with van der Waals surface area (Å²) in [6, 6.07) is 20.3. The summed E-state index contributed by atoms with van der Waals surface area (Å²) in [6.07, 6.45) is 2.73. The lowest BCUT2D eigenvalue weighted by molar-refractivity contribution is -0.120. The Hall–Kier alpha value is -2.54. The van der Waals surface area contributed by atoms with Gasteiger partial charge in [0.25, 0.3) is 10.0 Å². The van der Waals surface area contributed by atoms with Gasteiger partial charge in [0.05, 0.1) is 16.6 Å². The molecule has 0 saturated carbocycles. The number of nitrogens with one attached hydrogen (secondary N) is 1.